The van der Waals surface area contributed by atoms with Crippen LogP contribution in [0.4, 0.5) is 0 Å². The summed E-state index contributed by atoms with van der Waals surface area (Å²) in [6, 6.07) is 10.7. The molecule has 2 heteroatoms. The van der Waals surface area contributed by atoms with Crippen LogP contribution in [0.3, 0.4) is 0 Å². The Morgan fingerprint density at radius 1 is 1.33 bits per heavy atom. The summed E-state index contributed by atoms with van der Waals surface area (Å²) in [5.74, 6) is 1.62. The Balaban J connectivity index is 1.95. The van der Waals surface area contributed by atoms with Crippen LogP contribution in [0.1, 0.15) is 44.2 Å². The third-order valence-electron chi connectivity index (χ3n) is 4.44. The summed E-state index contributed by atoms with van der Waals surface area (Å²) in [5, 5.41) is 12.7. The van der Waals surface area contributed by atoms with Crippen molar-refractivity contribution in [1.82, 2.24) is 5.32 Å². The van der Waals surface area contributed by atoms with E-state index in [1.165, 1.54) is 19.3 Å². The Bertz CT molecular complexity index is 433. The number of nitrogens with zero attached hydrogens (tertiary/aromatic N) is 1. The molecule has 1 saturated carbocycles. The van der Waals surface area contributed by atoms with Crippen molar-refractivity contribution in [2.75, 3.05) is 0 Å². The zero-order valence-electron chi connectivity index (χ0n) is 11.3. The van der Waals surface area contributed by atoms with Crippen molar-refractivity contribution >= 4 is 0 Å². The van der Waals surface area contributed by atoms with Crippen LogP contribution in [0, 0.1) is 23.2 Å². The maximum Gasteiger partial charge on any atom is 0.0995 e. The van der Waals surface area contributed by atoms with E-state index in [0.29, 0.717) is 6.04 Å². The van der Waals surface area contributed by atoms with Crippen LogP contribution < -0.4 is 5.32 Å². The molecule has 3 unspecified atom stereocenters. The Hall–Kier alpha value is -1.33. The first kappa shape index (κ1) is 13.1. The van der Waals surface area contributed by atoms with Crippen LogP contribution in [-0.2, 0) is 6.54 Å². The SMILES string of the molecule is CCC1CCC(NCc2ccccc2C#N)C1C. The highest BCUT2D eigenvalue weighted by Crippen LogP contribution is 2.34. The van der Waals surface area contributed by atoms with E-state index in [-0.39, 0.29) is 0 Å². The number of benzene rings is 1. The molecule has 1 aliphatic carbocycles. The Kier molecular flexibility index (Phi) is 4.38. The quantitative estimate of drug-likeness (QED) is 0.877. The third-order valence-corrected chi connectivity index (χ3v) is 4.44. The van der Waals surface area contributed by atoms with Crippen molar-refractivity contribution in [3.8, 4) is 6.07 Å². The number of nitriles is 1. The lowest BCUT2D eigenvalue weighted by molar-refractivity contribution is 0.344. The molecule has 1 aromatic carbocycles. The fourth-order valence-electron chi connectivity index (χ4n) is 3.14. The Morgan fingerprint density at radius 2 is 2.11 bits per heavy atom. The maximum atomic E-state index is 9.06. The fourth-order valence-corrected chi connectivity index (χ4v) is 3.14. The molecule has 0 bridgehead atoms. The summed E-state index contributed by atoms with van der Waals surface area (Å²) >= 11 is 0. The van der Waals surface area contributed by atoms with Gasteiger partial charge in [0.05, 0.1) is 11.6 Å². The van der Waals surface area contributed by atoms with Crippen molar-refractivity contribution in [2.45, 2.75) is 45.7 Å². The maximum absolute atomic E-state index is 9.06. The Labute approximate surface area is 110 Å². The molecule has 1 aromatic rings. The van der Waals surface area contributed by atoms with Gasteiger partial charge in [-0.2, -0.15) is 5.26 Å². The van der Waals surface area contributed by atoms with E-state index in [1.54, 1.807) is 0 Å². The molecule has 0 radical (unpaired) electrons. The van der Waals surface area contributed by atoms with E-state index in [9.17, 15) is 0 Å². The van der Waals surface area contributed by atoms with E-state index < -0.39 is 0 Å². The Morgan fingerprint density at radius 3 is 2.78 bits per heavy atom. The summed E-state index contributed by atoms with van der Waals surface area (Å²) in [6.45, 7) is 5.46. The predicted molar refractivity (Wildman–Crippen MR) is 74.0 cm³/mol. The van der Waals surface area contributed by atoms with E-state index in [1.807, 2.05) is 24.3 Å². The van der Waals surface area contributed by atoms with Crippen LogP contribution in [0.15, 0.2) is 24.3 Å². The van der Waals surface area contributed by atoms with Crippen molar-refractivity contribution in [2.24, 2.45) is 11.8 Å². The van der Waals surface area contributed by atoms with Crippen LogP contribution in [-0.4, -0.2) is 6.04 Å². The summed E-state index contributed by atoms with van der Waals surface area (Å²) in [5.41, 5.74) is 1.91. The molecule has 96 valence electrons. The average Bonchev–Trinajstić information content (AvgIpc) is 2.77. The second kappa shape index (κ2) is 6.02. The van der Waals surface area contributed by atoms with Gasteiger partial charge in [-0.15, -0.1) is 0 Å². The standard InChI is InChI=1S/C16H22N2/c1-3-13-8-9-16(12(13)2)18-11-15-7-5-4-6-14(15)10-17/h4-7,12-13,16,18H,3,8-9,11H2,1-2H3. The molecule has 3 atom stereocenters. The van der Waals surface area contributed by atoms with E-state index >= 15 is 0 Å². The van der Waals surface area contributed by atoms with Gasteiger partial charge in [-0.05, 0) is 36.3 Å². The number of hydrogen-bond acceptors (Lipinski definition) is 2. The van der Waals surface area contributed by atoms with Gasteiger partial charge in [0, 0.05) is 12.6 Å². The first-order valence-corrected chi connectivity index (χ1v) is 6.97. The lowest BCUT2D eigenvalue weighted by Gasteiger charge is -2.21. The minimum atomic E-state index is 0.613. The second-order valence-corrected chi connectivity index (χ2v) is 5.36. The zero-order valence-corrected chi connectivity index (χ0v) is 11.3. The molecule has 1 aliphatic rings. The van der Waals surface area contributed by atoms with Gasteiger partial charge in [0.15, 0.2) is 0 Å². The van der Waals surface area contributed by atoms with Crippen LogP contribution in [0.5, 0.6) is 0 Å². The highest BCUT2D eigenvalue weighted by atomic mass is 14.9. The monoisotopic (exact) mass is 242 g/mol. The van der Waals surface area contributed by atoms with E-state index in [0.717, 1.165) is 29.5 Å². The molecule has 0 aromatic heterocycles. The van der Waals surface area contributed by atoms with Crippen LogP contribution in [0.25, 0.3) is 0 Å². The van der Waals surface area contributed by atoms with Gasteiger partial charge in [-0.1, -0.05) is 38.5 Å². The molecule has 1 fully saturated rings. The van der Waals surface area contributed by atoms with Gasteiger partial charge >= 0.3 is 0 Å². The van der Waals surface area contributed by atoms with Gasteiger partial charge in [-0.25, -0.2) is 0 Å². The molecule has 2 rings (SSSR count). The molecule has 0 spiro atoms. The lowest BCUT2D eigenvalue weighted by Crippen LogP contribution is -2.32. The van der Waals surface area contributed by atoms with Gasteiger partial charge < -0.3 is 5.32 Å². The third kappa shape index (κ3) is 2.73. The van der Waals surface area contributed by atoms with Gasteiger partial charge in [0.25, 0.3) is 0 Å². The molecule has 0 aliphatic heterocycles. The fraction of sp³-hybridized carbons (Fsp3) is 0.562. The number of hydrogen-bond donors (Lipinski definition) is 1. The molecule has 2 nitrogen and oxygen atoms in total. The van der Waals surface area contributed by atoms with Crippen LogP contribution in [0.2, 0.25) is 0 Å². The van der Waals surface area contributed by atoms with E-state index in [4.69, 9.17) is 5.26 Å². The average molecular weight is 242 g/mol. The predicted octanol–water partition coefficient (Wildman–Crippen LogP) is 3.47. The van der Waals surface area contributed by atoms with Crippen molar-refractivity contribution < 1.29 is 0 Å². The van der Waals surface area contributed by atoms with Crippen molar-refractivity contribution in [3.05, 3.63) is 35.4 Å². The molecular formula is C16H22N2. The lowest BCUT2D eigenvalue weighted by atomic mass is 9.93. The normalized spacial score (nSPS) is 27.1. The second-order valence-electron chi connectivity index (χ2n) is 5.36. The summed E-state index contributed by atoms with van der Waals surface area (Å²) < 4.78 is 0. The molecule has 0 heterocycles. The van der Waals surface area contributed by atoms with Gasteiger partial charge in [0.2, 0.25) is 0 Å². The highest BCUT2D eigenvalue weighted by molar-refractivity contribution is 5.37. The largest absolute Gasteiger partial charge is 0.310 e. The molecule has 0 amide bonds. The minimum absolute atomic E-state index is 0.613. The van der Waals surface area contributed by atoms with Crippen molar-refractivity contribution in [3.63, 3.8) is 0 Å². The molecule has 1 N–H and O–H groups in total. The highest BCUT2D eigenvalue weighted by Gasteiger charge is 2.30. The number of rotatable bonds is 4. The first-order valence-electron chi connectivity index (χ1n) is 6.97. The summed E-state index contributed by atoms with van der Waals surface area (Å²) in [7, 11) is 0. The van der Waals surface area contributed by atoms with Crippen LogP contribution >= 0.6 is 0 Å². The molecular weight excluding hydrogens is 220 g/mol. The van der Waals surface area contributed by atoms with Gasteiger partial charge in [0.1, 0.15) is 0 Å². The minimum Gasteiger partial charge on any atom is -0.310 e. The van der Waals surface area contributed by atoms with Crippen molar-refractivity contribution in [1.29, 1.82) is 5.26 Å². The smallest absolute Gasteiger partial charge is 0.0995 e. The van der Waals surface area contributed by atoms with Gasteiger partial charge in [-0.3, -0.25) is 0 Å². The molecule has 0 saturated heterocycles. The summed E-state index contributed by atoms with van der Waals surface area (Å²) in [6.07, 6.45) is 3.90. The molecule has 18 heavy (non-hydrogen) atoms. The topological polar surface area (TPSA) is 35.8 Å². The first-order chi connectivity index (χ1) is 8.76. The number of nitrogens with one attached hydrogen (secondary N) is 1. The van der Waals surface area contributed by atoms with E-state index in [2.05, 4.69) is 25.2 Å². The zero-order chi connectivity index (χ0) is 13.0. The summed E-state index contributed by atoms with van der Waals surface area (Å²) in [4.78, 5) is 0.